The lowest BCUT2D eigenvalue weighted by molar-refractivity contribution is -0.123. The molecule has 4 aliphatic rings. The summed E-state index contributed by atoms with van der Waals surface area (Å²) in [6.45, 7) is 1.72. The first kappa shape index (κ1) is 33.2. The number of thiazole rings is 1. The quantitative estimate of drug-likeness (QED) is 0.148. The van der Waals surface area contributed by atoms with E-state index in [0.29, 0.717) is 34.1 Å². The number of nitrogens with one attached hydrogen (secondary N) is 2. The summed E-state index contributed by atoms with van der Waals surface area (Å²) >= 11 is 12.3. The number of H-pyrrole nitrogens is 1. The van der Waals surface area contributed by atoms with Crippen LogP contribution in [0.5, 0.6) is 5.75 Å². The zero-order chi connectivity index (χ0) is 34.8. The SMILES string of the molecule is CCOC(=O)c1ccc(N2C(=O)[C@H]3[C@H]4C[C@@H]([C@@H]3C2=O)[C@@H]2[C@H](c3cc(Br)ccc3OCC(=O)Nc3ccc(Cl)cc3)c3sc(=O)[nH]c3S[C@H]42)cc1. The Labute approximate surface area is 308 Å². The van der Waals surface area contributed by atoms with Crippen LogP contribution in [0.2, 0.25) is 5.02 Å². The Bertz CT molecular complexity index is 2100. The molecule has 2 aliphatic heterocycles. The maximum Gasteiger partial charge on any atom is 0.338 e. The predicted molar refractivity (Wildman–Crippen MR) is 193 cm³/mol. The molecule has 0 unspecified atom stereocenters. The first-order chi connectivity index (χ1) is 24.1. The molecule has 10 nitrogen and oxygen atoms in total. The second-order valence-corrected chi connectivity index (χ2v) is 16.3. The number of rotatable bonds is 8. The Morgan fingerprint density at radius 2 is 1.72 bits per heavy atom. The van der Waals surface area contributed by atoms with Gasteiger partial charge in [0, 0.05) is 36.8 Å². The zero-order valence-electron chi connectivity index (χ0n) is 26.4. The van der Waals surface area contributed by atoms with Crippen molar-refractivity contribution in [1.29, 1.82) is 0 Å². The molecule has 7 atom stereocenters. The average molecular weight is 795 g/mol. The molecule has 2 aliphatic carbocycles. The van der Waals surface area contributed by atoms with Crippen LogP contribution in [0.15, 0.2) is 81.0 Å². The van der Waals surface area contributed by atoms with E-state index in [4.69, 9.17) is 21.1 Å². The topological polar surface area (TPSA) is 135 Å². The highest BCUT2D eigenvalue weighted by Gasteiger charge is 2.70. The number of carbonyl (C=O) groups is 4. The minimum absolute atomic E-state index is 0.0353. The van der Waals surface area contributed by atoms with Crippen molar-refractivity contribution in [3.8, 4) is 5.75 Å². The van der Waals surface area contributed by atoms with E-state index in [2.05, 4.69) is 26.2 Å². The molecule has 0 radical (unpaired) electrons. The van der Waals surface area contributed by atoms with Gasteiger partial charge in [0.25, 0.3) is 5.91 Å². The number of amides is 3. The highest BCUT2D eigenvalue weighted by atomic mass is 79.9. The molecule has 3 heterocycles. The number of imide groups is 1. The van der Waals surface area contributed by atoms with Crippen molar-refractivity contribution in [3.05, 3.63) is 102 Å². The summed E-state index contributed by atoms with van der Waals surface area (Å²) in [5.74, 6) is -2.38. The van der Waals surface area contributed by atoms with E-state index in [-0.39, 0.29) is 64.7 Å². The zero-order valence-corrected chi connectivity index (χ0v) is 30.4. The highest BCUT2D eigenvalue weighted by molar-refractivity contribution is 9.10. The standard InChI is InChI=1S/C36H29BrClN3O7S2/c1-2-47-35(45)16-3-10-20(11-4-16)41-33(43)28-22-14-23(29(28)34(41)44)30-27(22)26(31-32(49-30)40-36(46)50-31)21-13-17(37)5-12-24(21)48-15-25(42)39-19-8-6-18(38)7-9-19/h3-13,22-23,26-30H,2,14-15H2,1H3,(H,39,42)(H,40,46)/t22-,23-,26+,27-,28+,29+,30-/m1/s1. The van der Waals surface area contributed by atoms with E-state index < -0.39 is 17.8 Å². The number of esters is 1. The first-order valence-electron chi connectivity index (χ1n) is 16.1. The Morgan fingerprint density at radius 1 is 1.00 bits per heavy atom. The van der Waals surface area contributed by atoms with Crippen molar-refractivity contribution >= 4 is 85.7 Å². The van der Waals surface area contributed by atoms with E-state index >= 15 is 0 Å². The van der Waals surface area contributed by atoms with Crippen molar-refractivity contribution in [2.45, 2.75) is 29.5 Å². The summed E-state index contributed by atoms with van der Waals surface area (Å²) in [5.41, 5.74) is 2.16. The highest BCUT2D eigenvalue weighted by Crippen LogP contribution is 2.69. The maximum absolute atomic E-state index is 14.2. The minimum Gasteiger partial charge on any atom is -0.483 e. The molecule has 1 saturated heterocycles. The van der Waals surface area contributed by atoms with Gasteiger partial charge in [-0.25, -0.2) is 4.79 Å². The molecular formula is C36H29BrClN3O7S2. The van der Waals surface area contributed by atoms with Gasteiger partial charge in [-0.3, -0.25) is 24.1 Å². The summed E-state index contributed by atoms with van der Waals surface area (Å²) in [6.07, 6.45) is 0.716. The van der Waals surface area contributed by atoms with Crippen LogP contribution in [0.25, 0.3) is 0 Å². The summed E-state index contributed by atoms with van der Waals surface area (Å²) in [6, 6.07) is 18.8. The van der Waals surface area contributed by atoms with Crippen LogP contribution in [0.4, 0.5) is 11.4 Å². The molecule has 1 aromatic heterocycles. The number of aromatic nitrogens is 1. The minimum atomic E-state index is -0.513. The van der Waals surface area contributed by atoms with Crippen molar-refractivity contribution in [3.63, 3.8) is 0 Å². The molecule has 8 rings (SSSR count). The van der Waals surface area contributed by atoms with Crippen molar-refractivity contribution in [2.24, 2.45) is 29.6 Å². The van der Waals surface area contributed by atoms with Gasteiger partial charge in [-0.2, -0.15) is 0 Å². The monoisotopic (exact) mass is 793 g/mol. The normalized spacial score (nSPS) is 26.0. The van der Waals surface area contributed by atoms with Crippen molar-refractivity contribution < 1.29 is 28.7 Å². The number of carbonyl (C=O) groups excluding carboxylic acids is 4. The van der Waals surface area contributed by atoms with Crippen LogP contribution in [0, 0.1) is 29.6 Å². The molecule has 2 saturated carbocycles. The second-order valence-electron chi connectivity index (χ2n) is 12.8. The van der Waals surface area contributed by atoms with Gasteiger partial charge in [0.05, 0.1) is 34.7 Å². The van der Waals surface area contributed by atoms with Crippen LogP contribution in [0.3, 0.4) is 0 Å². The largest absolute Gasteiger partial charge is 0.483 e. The summed E-state index contributed by atoms with van der Waals surface area (Å²) in [4.78, 5) is 71.2. The van der Waals surface area contributed by atoms with Gasteiger partial charge in [0.15, 0.2) is 6.61 Å². The lowest BCUT2D eigenvalue weighted by Gasteiger charge is -2.43. The van der Waals surface area contributed by atoms with Gasteiger partial charge in [0.1, 0.15) is 5.75 Å². The van der Waals surface area contributed by atoms with Gasteiger partial charge in [0.2, 0.25) is 11.8 Å². The lowest BCUT2D eigenvalue weighted by atomic mass is 9.68. The van der Waals surface area contributed by atoms with E-state index in [1.54, 1.807) is 67.2 Å². The lowest BCUT2D eigenvalue weighted by Crippen LogP contribution is -2.42. The number of benzene rings is 3. The fraction of sp³-hybridized carbons (Fsp3) is 0.306. The molecule has 0 spiro atoms. The third-order valence-electron chi connectivity index (χ3n) is 10.2. The van der Waals surface area contributed by atoms with Gasteiger partial charge < -0.3 is 19.8 Å². The number of fused-ring (bicyclic) bond motifs is 9. The molecule has 256 valence electrons. The molecule has 2 bridgehead atoms. The van der Waals surface area contributed by atoms with Crippen LogP contribution in [-0.2, 0) is 19.1 Å². The Kier molecular flexibility index (Phi) is 8.65. The first-order valence-corrected chi connectivity index (χ1v) is 19.0. The van der Waals surface area contributed by atoms with Crippen LogP contribution in [0.1, 0.15) is 40.1 Å². The van der Waals surface area contributed by atoms with E-state index in [0.717, 1.165) is 31.3 Å². The Morgan fingerprint density at radius 3 is 2.44 bits per heavy atom. The van der Waals surface area contributed by atoms with Gasteiger partial charge in [-0.05, 0) is 97.8 Å². The molecule has 50 heavy (non-hydrogen) atoms. The fourth-order valence-electron chi connectivity index (χ4n) is 8.35. The van der Waals surface area contributed by atoms with E-state index in [9.17, 15) is 24.0 Å². The molecular weight excluding hydrogens is 766 g/mol. The number of anilines is 2. The van der Waals surface area contributed by atoms with Crippen molar-refractivity contribution in [2.75, 3.05) is 23.4 Å². The molecule has 14 heteroatoms. The summed E-state index contributed by atoms with van der Waals surface area (Å²) in [5, 5.41) is 4.11. The van der Waals surface area contributed by atoms with Gasteiger partial charge >= 0.3 is 10.8 Å². The van der Waals surface area contributed by atoms with E-state index in [1.165, 1.54) is 4.90 Å². The Balaban J connectivity index is 1.11. The number of ether oxygens (including phenoxy) is 2. The van der Waals surface area contributed by atoms with Crippen LogP contribution < -0.4 is 19.8 Å². The third-order valence-corrected chi connectivity index (χ3v) is 13.5. The number of halogens is 2. The van der Waals surface area contributed by atoms with Crippen molar-refractivity contribution in [1.82, 2.24) is 4.98 Å². The molecule has 3 fully saturated rings. The summed E-state index contributed by atoms with van der Waals surface area (Å²) < 4.78 is 12.1. The number of nitrogens with zero attached hydrogens (tertiary/aromatic N) is 1. The Hall–Kier alpha value is -3.91. The van der Waals surface area contributed by atoms with Gasteiger partial charge in [-0.15, -0.1) is 11.8 Å². The predicted octanol–water partition coefficient (Wildman–Crippen LogP) is 6.72. The molecule has 3 amide bonds. The molecule has 2 N–H and O–H groups in total. The molecule has 3 aromatic carbocycles. The third kappa shape index (κ3) is 5.58. The second kappa shape index (κ2) is 13.0. The smallest absolute Gasteiger partial charge is 0.338 e. The number of hydrogen-bond acceptors (Lipinski definition) is 9. The number of aromatic amines is 1. The molecule has 4 aromatic rings. The van der Waals surface area contributed by atoms with Gasteiger partial charge in [-0.1, -0.05) is 38.9 Å². The summed E-state index contributed by atoms with van der Waals surface area (Å²) in [7, 11) is 0. The number of thioether (sulfide) groups is 1. The fourth-order valence-corrected chi connectivity index (χ4v) is 11.7. The van der Waals surface area contributed by atoms with Crippen LogP contribution in [-0.4, -0.2) is 47.1 Å². The number of hydrogen-bond donors (Lipinski definition) is 2. The average Bonchev–Trinajstić information content (AvgIpc) is 3.84. The maximum atomic E-state index is 14.2. The van der Waals surface area contributed by atoms with Crippen LogP contribution >= 0.6 is 50.6 Å². The van der Waals surface area contributed by atoms with E-state index in [1.807, 2.05) is 18.2 Å².